The number of carbonyl (C=O) groups excluding carboxylic acids is 1. The summed E-state index contributed by atoms with van der Waals surface area (Å²) < 4.78 is 27.3. The van der Waals surface area contributed by atoms with Crippen LogP contribution < -0.4 is 10.2 Å². The molecule has 0 fully saturated rings. The Balaban J connectivity index is 1.53. The van der Waals surface area contributed by atoms with E-state index in [-0.39, 0.29) is 18.9 Å². The summed E-state index contributed by atoms with van der Waals surface area (Å²) in [5, 5.41) is 12.9. The minimum Gasteiger partial charge on any atom is -0.491 e. The van der Waals surface area contributed by atoms with Gasteiger partial charge < -0.3 is 28.8 Å². The number of carboxylic acid groups (broad SMARTS) is 1. The fourth-order valence-electron chi connectivity index (χ4n) is 3.53. The fourth-order valence-corrected chi connectivity index (χ4v) is 3.53. The van der Waals surface area contributed by atoms with E-state index in [1.54, 1.807) is 0 Å². The van der Waals surface area contributed by atoms with Gasteiger partial charge in [0.05, 0.1) is 65.0 Å². The average Bonchev–Trinajstić information content (AvgIpc) is 2.84. The van der Waals surface area contributed by atoms with Crippen LogP contribution in [0.3, 0.4) is 0 Å². The lowest BCUT2D eigenvalue weighted by molar-refractivity contribution is -0.138. The highest BCUT2D eigenvalue weighted by Gasteiger charge is 2.17. The van der Waals surface area contributed by atoms with Gasteiger partial charge in [0.1, 0.15) is 12.4 Å². The Hall–Kier alpha value is -2.53. The van der Waals surface area contributed by atoms with Gasteiger partial charge in [-0.05, 0) is 48.9 Å². The zero-order valence-electron chi connectivity index (χ0n) is 21.5. The molecule has 0 radical (unpaired) electrons. The first-order chi connectivity index (χ1) is 17.5. The van der Waals surface area contributed by atoms with Crippen LogP contribution in [-0.4, -0.2) is 82.2 Å². The predicted molar refractivity (Wildman–Crippen MR) is 135 cm³/mol. The third kappa shape index (κ3) is 13.0. The first-order valence-electron chi connectivity index (χ1n) is 12.6. The monoisotopic (exact) mass is 508 g/mol. The smallest absolute Gasteiger partial charge is 0.305 e. The molecule has 1 aromatic carbocycles. The van der Waals surface area contributed by atoms with Gasteiger partial charge >= 0.3 is 5.97 Å². The third-order valence-electron chi connectivity index (χ3n) is 5.23. The molecule has 1 amide bonds. The second kappa shape index (κ2) is 17.8. The van der Waals surface area contributed by atoms with E-state index in [2.05, 4.69) is 10.5 Å². The first kappa shape index (κ1) is 29.7. The van der Waals surface area contributed by atoms with Crippen molar-refractivity contribution in [3.05, 3.63) is 29.3 Å². The lowest BCUT2D eigenvalue weighted by Crippen LogP contribution is -2.23. The first-order valence-corrected chi connectivity index (χ1v) is 12.6. The zero-order chi connectivity index (χ0) is 26.0. The van der Waals surface area contributed by atoms with Crippen molar-refractivity contribution >= 4 is 17.6 Å². The molecule has 2 rings (SSSR count). The van der Waals surface area contributed by atoms with Crippen molar-refractivity contribution in [1.29, 1.82) is 0 Å². The van der Waals surface area contributed by atoms with Crippen molar-refractivity contribution in [1.82, 2.24) is 5.43 Å². The van der Waals surface area contributed by atoms with Gasteiger partial charge in [-0.3, -0.25) is 9.59 Å². The molecule has 0 spiro atoms. The second-order valence-electron chi connectivity index (χ2n) is 8.81. The molecule has 0 unspecified atom stereocenters. The fraction of sp³-hybridized carbons (Fsp3) is 0.654. The van der Waals surface area contributed by atoms with Crippen molar-refractivity contribution in [3.8, 4) is 5.75 Å². The third-order valence-corrected chi connectivity index (χ3v) is 5.23. The van der Waals surface area contributed by atoms with E-state index >= 15 is 0 Å². The molecule has 10 nitrogen and oxygen atoms in total. The van der Waals surface area contributed by atoms with Gasteiger partial charge in [-0.15, -0.1) is 0 Å². The predicted octanol–water partition coefficient (Wildman–Crippen LogP) is 2.81. The summed E-state index contributed by atoms with van der Waals surface area (Å²) in [4.78, 5) is 22.2. The standard InChI is InChI=1S/C26H40N2O8/c1-20(2)18-25(29)28-27-24-5-3-4-21-19-22(6-7-23(21)24)36-17-16-35-15-14-34-13-12-33-11-10-32-9-8-26(30)31/h6-7,19-20H,3-5,8-18H2,1-2H3,(H,28,29)(H,30,31)/b27-24-. The summed E-state index contributed by atoms with van der Waals surface area (Å²) in [5.41, 5.74) is 5.85. The van der Waals surface area contributed by atoms with Crippen molar-refractivity contribution in [2.24, 2.45) is 11.0 Å². The number of aryl methyl sites for hydroxylation is 1. The number of rotatable bonds is 19. The Bertz CT molecular complexity index is 828. The van der Waals surface area contributed by atoms with Crippen molar-refractivity contribution in [2.75, 3.05) is 59.5 Å². The minimum absolute atomic E-state index is 0.00162. The topological polar surface area (TPSA) is 125 Å². The van der Waals surface area contributed by atoms with Gasteiger partial charge in [-0.25, -0.2) is 5.43 Å². The Morgan fingerprint density at radius 2 is 1.53 bits per heavy atom. The van der Waals surface area contributed by atoms with E-state index in [4.69, 9.17) is 28.8 Å². The van der Waals surface area contributed by atoms with Crippen LogP contribution in [0.15, 0.2) is 23.3 Å². The number of benzene rings is 1. The summed E-state index contributed by atoms with van der Waals surface area (Å²) in [6, 6.07) is 5.98. The number of nitrogens with zero attached hydrogens (tertiary/aromatic N) is 1. The Morgan fingerprint density at radius 1 is 0.917 bits per heavy atom. The number of hydrazone groups is 1. The highest BCUT2D eigenvalue weighted by molar-refractivity contribution is 6.03. The molecule has 1 aliphatic rings. The highest BCUT2D eigenvalue weighted by Crippen LogP contribution is 2.26. The molecule has 1 aromatic rings. The highest BCUT2D eigenvalue weighted by atomic mass is 16.6. The van der Waals surface area contributed by atoms with Gasteiger partial charge in [-0.2, -0.15) is 5.10 Å². The Kier molecular flexibility index (Phi) is 14.7. The molecule has 36 heavy (non-hydrogen) atoms. The normalized spacial score (nSPS) is 14.1. The maximum atomic E-state index is 11.9. The molecule has 0 bridgehead atoms. The van der Waals surface area contributed by atoms with Crippen molar-refractivity contribution in [2.45, 2.75) is 46.0 Å². The van der Waals surface area contributed by atoms with Crippen LogP contribution in [0.25, 0.3) is 0 Å². The van der Waals surface area contributed by atoms with Crippen LogP contribution in [0, 0.1) is 5.92 Å². The van der Waals surface area contributed by atoms with Crippen molar-refractivity contribution in [3.63, 3.8) is 0 Å². The quantitative estimate of drug-likeness (QED) is 0.216. The molecule has 0 aromatic heterocycles. The number of nitrogens with one attached hydrogen (secondary N) is 1. The molecule has 0 saturated carbocycles. The van der Waals surface area contributed by atoms with E-state index in [0.29, 0.717) is 65.2 Å². The summed E-state index contributed by atoms with van der Waals surface area (Å²) in [7, 11) is 0. The summed E-state index contributed by atoms with van der Waals surface area (Å²) in [6.45, 7) is 7.71. The molecule has 0 aliphatic heterocycles. The number of carbonyl (C=O) groups is 2. The number of hydrogen-bond donors (Lipinski definition) is 2. The molecule has 0 saturated heterocycles. The molecular formula is C26H40N2O8. The van der Waals surface area contributed by atoms with E-state index in [0.717, 1.165) is 36.3 Å². The minimum atomic E-state index is -0.873. The van der Waals surface area contributed by atoms with Gasteiger partial charge in [0.25, 0.3) is 0 Å². The number of aliphatic carboxylic acids is 1. The van der Waals surface area contributed by atoms with Gasteiger partial charge in [-0.1, -0.05) is 13.8 Å². The van der Waals surface area contributed by atoms with Crippen LogP contribution in [-0.2, 0) is 35.0 Å². The zero-order valence-corrected chi connectivity index (χ0v) is 21.5. The lowest BCUT2D eigenvalue weighted by atomic mass is 9.90. The number of amides is 1. The van der Waals surface area contributed by atoms with Crippen molar-refractivity contribution < 1.29 is 38.4 Å². The second-order valence-corrected chi connectivity index (χ2v) is 8.81. The summed E-state index contributed by atoms with van der Waals surface area (Å²) >= 11 is 0. The van der Waals surface area contributed by atoms with Crippen LogP contribution >= 0.6 is 0 Å². The van der Waals surface area contributed by atoms with Crippen LogP contribution in [0.2, 0.25) is 0 Å². The lowest BCUT2D eigenvalue weighted by Gasteiger charge is -2.19. The largest absolute Gasteiger partial charge is 0.491 e. The maximum absolute atomic E-state index is 11.9. The summed E-state index contributed by atoms with van der Waals surface area (Å²) in [6.07, 6.45) is 3.26. The average molecular weight is 509 g/mol. The number of ether oxygens (including phenoxy) is 5. The van der Waals surface area contributed by atoms with E-state index < -0.39 is 5.97 Å². The molecule has 0 atom stereocenters. The van der Waals surface area contributed by atoms with E-state index in [1.807, 2.05) is 32.0 Å². The number of carboxylic acids is 1. The Labute approximate surface area is 213 Å². The van der Waals surface area contributed by atoms with Gasteiger partial charge in [0, 0.05) is 12.0 Å². The molecule has 10 heteroatoms. The number of fused-ring (bicyclic) bond motifs is 1. The molecule has 0 heterocycles. The maximum Gasteiger partial charge on any atom is 0.305 e. The summed E-state index contributed by atoms with van der Waals surface area (Å²) in [5.74, 6) is 0.167. The van der Waals surface area contributed by atoms with E-state index in [1.165, 1.54) is 5.56 Å². The molecule has 2 N–H and O–H groups in total. The number of hydrogen-bond acceptors (Lipinski definition) is 8. The van der Waals surface area contributed by atoms with Crippen LogP contribution in [0.5, 0.6) is 5.75 Å². The Morgan fingerprint density at radius 3 is 2.14 bits per heavy atom. The molecule has 202 valence electrons. The SMILES string of the molecule is CC(C)CC(=O)N/N=C1/CCCc2cc(OCCOCCOCCOCCOCCC(=O)O)ccc21. The van der Waals surface area contributed by atoms with Crippen LogP contribution in [0.4, 0.5) is 0 Å². The van der Waals surface area contributed by atoms with Gasteiger partial charge in [0.15, 0.2) is 0 Å². The molecule has 1 aliphatic carbocycles. The molecular weight excluding hydrogens is 468 g/mol. The van der Waals surface area contributed by atoms with E-state index in [9.17, 15) is 9.59 Å². The van der Waals surface area contributed by atoms with Crippen LogP contribution in [0.1, 0.15) is 50.7 Å². The van der Waals surface area contributed by atoms with Gasteiger partial charge in [0.2, 0.25) is 5.91 Å².